The fourth-order valence-corrected chi connectivity index (χ4v) is 1.88. The average molecular weight is 460 g/mol. The highest BCUT2D eigenvalue weighted by Gasteiger charge is 2.16. The van der Waals surface area contributed by atoms with E-state index >= 15 is 0 Å². The van der Waals surface area contributed by atoms with Crippen LogP contribution in [0.25, 0.3) is 0 Å². The van der Waals surface area contributed by atoms with Gasteiger partial charge in [0.05, 0.1) is 25.5 Å². The van der Waals surface area contributed by atoms with Crippen LogP contribution in [0.15, 0.2) is 25.0 Å². The SMILES string of the molecule is O.O=C([O-])CCCC(=O)[O-].[NH3+][C@@H](Cc1cnc[nH]1)C(=O)O.[NH3+][C@@H](Cc1cnc[nH]1)C(=O)O. The second kappa shape index (κ2) is 16.9. The van der Waals surface area contributed by atoms with Crippen LogP contribution < -0.4 is 21.7 Å². The van der Waals surface area contributed by atoms with Crippen molar-refractivity contribution < 1.29 is 56.5 Å². The van der Waals surface area contributed by atoms with Crippen molar-refractivity contribution in [3.8, 4) is 0 Å². The smallest absolute Gasteiger partial charge is 0.362 e. The summed E-state index contributed by atoms with van der Waals surface area (Å²) < 4.78 is 0. The Bertz CT molecular complexity index is 729. The molecular weight excluding hydrogens is 432 g/mol. The molecule has 15 nitrogen and oxygen atoms in total. The molecule has 0 aliphatic carbocycles. The summed E-state index contributed by atoms with van der Waals surface area (Å²) in [6.07, 6.45) is 6.69. The third kappa shape index (κ3) is 16.0. The van der Waals surface area contributed by atoms with Crippen LogP contribution in [0, 0.1) is 0 Å². The molecule has 0 saturated carbocycles. The first-order valence-electron chi connectivity index (χ1n) is 8.98. The Balaban J connectivity index is 0. The van der Waals surface area contributed by atoms with Gasteiger partial charge in [0, 0.05) is 35.7 Å². The van der Waals surface area contributed by atoms with Gasteiger partial charge in [0.25, 0.3) is 0 Å². The molecule has 2 rings (SSSR count). The summed E-state index contributed by atoms with van der Waals surface area (Å²) in [5.41, 5.74) is 8.53. The summed E-state index contributed by atoms with van der Waals surface area (Å²) in [6.45, 7) is 0. The minimum atomic E-state index is -1.23. The number of nitrogens with zero attached hydrogens (tertiary/aromatic N) is 2. The highest BCUT2D eigenvalue weighted by molar-refractivity contribution is 5.72. The summed E-state index contributed by atoms with van der Waals surface area (Å²) in [5.74, 6) is -4.23. The molecule has 32 heavy (non-hydrogen) atoms. The van der Waals surface area contributed by atoms with Crippen molar-refractivity contribution in [3.05, 3.63) is 36.4 Å². The van der Waals surface area contributed by atoms with Crippen LogP contribution in [0.5, 0.6) is 0 Å². The van der Waals surface area contributed by atoms with E-state index < -0.39 is 36.0 Å². The zero-order chi connectivity index (χ0) is 23.8. The van der Waals surface area contributed by atoms with Crippen molar-refractivity contribution in [2.45, 2.75) is 44.2 Å². The second-order valence-electron chi connectivity index (χ2n) is 6.23. The number of nitrogens with one attached hydrogen (secondary N) is 2. The zero-order valence-corrected chi connectivity index (χ0v) is 17.2. The number of imidazole rings is 2. The van der Waals surface area contributed by atoms with Gasteiger partial charge in [0.2, 0.25) is 0 Å². The second-order valence-corrected chi connectivity index (χ2v) is 6.23. The molecule has 0 unspecified atom stereocenters. The predicted molar refractivity (Wildman–Crippen MR) is 101 cm³/mol. The minimum absolute atomic E-state index is 0. The molecule has 0 aliphatic heterocycles. The van der Waals surface area contributed by atoms with Crippen LogP contribution in [0.4, 0.5) is 0 Å². The molecule has 180 valence electrons. The van der Waals surface area contributed by atoms with Crippen molar-refractivity contribution in [2.24, 2.45) is 0 Å². The fourth-order valence-electron chi connectivity index (χ4n) is 1.88. The predicted octanol–water partition coefficient (Wildman–Crippen LogP) is -5.87. The van der Waals surface area contributed by atoms with Crippen molar-refractivity contribution in [1.82, 2.24) is 19.9 Å². The van der Waals surface area contributed by atoms with Crippen molar-refractivity contribution in [3.63, 3.8) is 0 Å². The molecule has 2 atom stereocenters. The molecule has 0 spiro atoms. The zero-order valence-electron chi connectivity index (χ0n) is 17.2. The number of aromatic amines is 2. The van der Waals surface area contributed by atoms with Crippen LogP contribution in [0.1, 0.15) is 30.7 Å². The molecule has 2 aromatic rings. The molecule has 0 fully saturated rings. The number of hydrogen-bond acceptors (Lipinski definition) is 8. The number of aromatic nitrogens is 4. The van der Waals surface area contributed by atoms with E-state index in [1.54, 1.807) is 12.4 Å². The molecular formula is C17H28N6O9. The van der Waals surface area contributed by atoms with Gasteiger partial charge in [-0.3, -0.25) is 0 Å². The van der Waals surface area contributed by atoms with Crippen molar-refractivity contribution >= 4 is 23.9 Å². The molecule has 0 amide bonds. The molecule has 0 aliphatic rings. The van der Waals surface area contributed by atoms with Gasteiger partial charge in [-0.2, -0.15) is 0 Å². The Kier molecular flexibility index (Phi) is 16.1. The van der Waals surface area contributed by atoms with Crippen LogP contribution in [-0.2, 0) is 32.0 Å². The van der Waals surface area contributed by atoms with Crippen molar-refractivity contribution in [1.29, 1.82) is 0 Å². The van der Waals surface area contributed by atoms with E-state index in [4.69, 9.17) is 10.2 Å². The number of rotatable bonds is 10. The minimum Gasteiger partial charge on any atom is -0.550 e. The number of hydrogen-bond donors (Lipinski definition) is 6. The Morgan fingerprint density at radius 2 is 1.19 bits per heavy atom. The van der Waals surface area contributed by atoms with Crippen LogP contribution in [0.2, 0.25) is 0 Å². The Labute approximate surface area is 181 Å². The van der Waals surface area contributed by atoms with Gasteiger partial charge in [-0.05, 0) is 19.3 Å². The number of carboxylic acid groups (broad SMARTS) is 4. The maximum absolute atomic E-state index is 10.3. The molecule has 12 N–H and O–H groups in total. The Morgan fingerprint density at radius 1 is 0.844 bits per heavy atom. The van der Waals surface area contributed by atoms with Gasteiger partial charge < -0.3 is 56.9 Å². The lowest BCUT2D eigenvalue weighted by molar-refractivity contribution is -0.407. The lowest BCUT2D eigenvalue weighted by atomic mass is 10.2. The summed E-state index contributed by atoms with van der Waals surface area (Å²) in [4.78, 5) is 53.1. The number of H-pyrrole nitrogens is 2. The summed E-state index contributed by atoms with van der Waals surface area (Å²) in [6, 6.07) is -1.20. The van der Waals surface area contributed by atoms with E-state index in [2.05, 4.69) is 31.4 Å². The van der Waals surface area contributed by atoms with Crippen LogP contribution >= 0.6 is 0 Å². The van der Waals surface area contributed by atoms with Crippen LogP contribution in [0.3, 0.4) is 0 Å². The summed E-state index contributed by atoms with van der Waals surface area (Å²) in [5, 5.41) is 36.3. The van der Waals surface area contributed by atoms with Gasteiger partial charge in [-0.25, -0.2) is 19.6 Å². The van der Waals surface area contributed by atoms with Gasteiger partial charge in [-0.15, -0.1) is 0 Å². The van der Waals surface area contributed by atoms with E-state index in [0.29, 0.717) is 12.8 Å². The monoisotopic (exact) mass is 460 g/mol. The van der Waals surface area contributed by atoms with Gasteiger partial charge in [0.1, 0.15) is 0 Å². The van der Waals surface area contributed by atoms with Gasteiger partial charge in [0.15, 0.2) is 12.1 Å². The molecule has 0 radical (unpaired) electrons. The van der Waals surface area contributed by atoms with E-state index in [-0.39, 0.29) is 24.7 Å². The lowest BCUT2D eigenvalue weighted by Gasteiger charge is -2.01. The molecule has 2 heterocycles. The summed E-state index contributed by atoms with van der Waals surface area (Å²) in [7, 11) is 0. The van der Waals surface area contributed by atoms with Gasteiger partial charge in [-0.1, -0.05) is 0 Å². The van der Waals surface area contributed by atoms with Gasteiger partial charge >= 0.3 is 11.9 Å². The molecule has 2 aromatic heterocycles. The first-order valence-corrected chi connectivity index (χ1v) is 8.98. The van der Waals surface area contributed by atoms with Crippen molar-refractivity contribution in [2.75, 3.05) is 0 Å². The number of aliphatic carboxylic acids is 4. The molecule has 0 bridgehead atoms. The maximum atomic E-state index is 10.3. The summed E-state index contributed by atoms with van der Waals surface area (Å²) >= 11 is 0. The quantitative estimate of drug-likeness (QED) is 0.195. The number of carbonyl (C=O) groups excluding carboxylic acids is 2. The third-order valence-corrected chi connectivity index (χ3v) is 3.50. The number of carbonyl (C=O) groups is 4. The van der Waals surface area contributed by atoms with E-state index in [9.17, 15) is 29.4 Å². The average Bonchev–Trinajstić information content (AvgIpc) is 3.36. The first-order chi connectivity index (χ1) is 14.5. The highest BCUT2D eigenvalue weighted by Crippen LogP contribution is 1.95. The Hall–Kier alpha value is -3.82. The highest BCUT2D eigenvalue weighted by atomic mass is 16.4. The number of quaternary nitrogens is 2. The number of carboxylic acids is 4. The first kappa shape index (κ1) is 30.4. The normalized spacial score (nSPS) is 11.3. The Morgan fingerprint density at radius 3 is 1.41 bits per heavy atom. The fraction of sp³-hybridized carbons (Fsp3) is 0.412. The lowest BCUT2D eigenvalue weighted by Crippen LogP contribution is -2.66. The molecule has 15 heteroatoms. The standard InChI is InChI=1S/2C6H9N3O2.C5H8O4.H2O/c2*7-5(6(10)11)1-4-2-8-3-9-4;6-4(7)2-1-3-5(8)9;/h2*2-3,5H,1,7H2,(H,8,9)(H,10,11);1-3H2,(H,6,7)(H,8,9);1H2/t2*5-;;/m00../s1. The topological polar surface area (TPSA) is 299 Å². The molecule has 0 saturated heterocycles. The largest absolute Gasteiger partial charge is 0.550 e. The van der Waals surface area contributed by atoms with Crippen LogP contribution in [-0.4, -0.2) is 71.6 Å². The maximum Gasteiger partial charge on any atom is 0.362 e. The third-order valence-electron chi connectivity index (χ3n) is 3.50. The molecule has 0 aromatic carbocycles. The van der Waals surface area contributed by atoms with E-state index in [1.165, 1.54) is 12.7 Å². The van der Waals surface area contributed by atoms with E-state index in [1.807, 2.05) is 0 Å². The van der Waals surface area contributed by atoms with E-state index in [0.717, 1.165) is 11.4 Å².